The number of hydrogen-bond acceptors (Lipinski definition) is 2. The van der Waals surface area contributed by atoms with Crippen LogP contribution in [0.4, 0.5) is 4.39 Å². The molecule has 0 saturated carbocycles. The molecule has 1 aliphatic heterocycles. The molecule has 17 heavy (non-hydrogen) atoms. The topological polar surface area (TPSA) is 18.5 Å². The van der Waals surface area contributed by atoms with Gasteiger partial charge in [-0.2, -0.15) is 0 Å². The molecule has 0 N–H and O–H groups in total. The van der Waals surface area contributed by atoms with Crippen molar-refractivity contribution in [1.82, 2.24) is 0 Å². The van der Waals surface area contributed by atoms with Gasteiger partial charge < -0.3 is 9.47 Å². The number of halogens is 2. The van der Waals surface area contributed by atoms with E-state index in [1.165, 1.54) is 6.07 Å². The van der Waals surface area contributed by atoms with Gasteiger partial charge in [0.25, 0.3) is 0 Å². The summed E-state index contributed by atoms with van der Waals surface area (Å²) >= 11 is 5.62. The smallest absolute Gasteiger partial charge is 0.165 e. The van der Waals surface area contributed by atoms with Crippen molar-refractivity contribution in [2.24, 2.45) is 0 Å². The van der Waals surface area contributed by atoms with E-state index in [9.17, 15) is 4.39 Å². The quantitative estimate of drug-likeness (QED) is 0.770. The van der Waals surface area contributed by atoms with E-state index in [0.717, 1.165) is 18.4 Å². The van der Waals surface area contributed by atoms with Gasteiger partial charge in [0.15, 0.2) is 11.6 Å². The molecule has 1 aliphatic rings. The monoisotopic (exact) mass is 258 g/mol. The maximum atomic E-state index is 13.6. The lowest BCUT2D eigenvalue weighted by atomic mass is 10.2. The van der Waals surface area contributed by atoms with Gasteiger partial charge >= 0.3 is 0 Å². The fourth-order valence-electron chi connectivity index (χ4n) is 1.94. The summed E-state index contributed by atoms with van der Waals surface area (Å²) in [6, 6.07) is 4.79. The van der Waals surface area contributed by atoms with Crippen molar-refractivity contribution >= 4 is 11.6 Å². The Balaban J connectivity index is 1.90. The van der Waals surface area contributed by atoms with E-state index in [0.29, 0.717) is 12.5 Å². The van der Waals surface area contributed by atoms with Crippen molar-refractivity contribution in [3.05, 3.63) is 29.6 Å². The molecule has 1 aromatic rings. The van der Waals surface area contributed by atoms with Crippen LogP contribution in [0.15, 0.2) is 18.2 Å². The van der Waals surface area contributed by atoms with E-state index in [4.69, 9.17) is 21.1 Å². The second-order valence-corrected chi connectivity index (χ2v) is 4.62. The molecular weight excluding hydrogens is 243 g/mol. The first-order valence-electron chi connectivity index (χ1n) is 5.81. The Labute approximate surface area is 106 Å². The summed E-state index contributed by atoms with van der Waals surface area (Å²) in [6.07, 6.45) is 2.38. The molecule has 2 nitrogen and oxygen atoms in total. The van der Waals surface area contributed by atoms with Gasteiger partial charge in [-0.25, -0.2) is 4.39 Å². The third kappa shape index (κ3) is 3.33. The van der Waals surface area contributed by atoms with E-state index in [1.807, 2.05) is 6.92 Å². The summed E-state index contributed by atoms with van der Waals surface area (Å²) in [7, 11) is 0. The third-order valence-corrected chi connectivity index (χ3v) is 3.20. The molecule has 0 amide bonds. The SMILES string of the molecule is CC1CCC(COc2ccc(CCl)cc2F)O1. The van der Waals surface area contributed by atoms with E-state index in [2.05, 4.69) is 0 Å². The summed E-state index contributed by atoms with van der Waals surface area (Å²) in [5.74, 6) is 0.205. The number of alkyl halides is 1. The van der Waals surface area contributed by atoms with Gasteiger partial charge in [-0.3, -0.25) is 0 Å². The standard InChI is InChI=1S/C13H16ClFO2/c1-9-2-4-11(17-9)8-16-13-5-3-10(7-14)6-12(13)15/h3,5-6,9,11H,2,4,7-8H2,1H3. The number of hydrogen-bond donors (Lipinski definition) is 0. The Bertz CT molecular complexity index is 384. The Morgan fingerprint density at radius 3 is 2.88 bits per heavy atom. The minimum Gasteiger partial charge on any atom is -0.488 e. The first-order valence-corrected chi connectivity index (χ1v) is 6.35. The van der Waals surface area contributed by atoms with Crippen LogP contribution in [0.5, 0.6) is 5.75 Å². The number of ether oxygens (including phenoxy) is 2. The van der Waals surface area contributed by atoms with Gasteiger partial charge in [0.05, 0.1) is 12.2 Å². The molecule has 2 atom stereocenters. The largest absolute Gasteiger partial charge is 0.488 e. The second-order valence-electron chi connectivity index (χ2n) is 4.36. The highest BCUT2D eigenvalue weighted by molar-refractivity contribution is 6.17. The van der Waals surface area contributed by atoms with E-state index in [-0.39, 0.29) is 23.8 Å². The summed E-state index contributed by atoms with van der Waals surface area (Å²) in [5, 5.41) is 0. The Hall–Kier alpha value is -0.800. The average molecular weight is 259 g/mol. The molecule has 1 fully saturated rings. The van der Waals surface area contributed by atoms with E-state index >= 15 is 0 Å². The van der Waals surface area contributed by atoms with Crippen LogP contribution in [0.25, 0.3) is 0 Å². The predicted molar refractivity (Wildman–Crippen MR) is 65.0 cm³/mol. The van der Waals surface area contributed by atoms with Crippen molar-refractivity contribution < 1.29 is 13.9 Å². The fourth-order valence-corrected chi connectivity index (χ4v) is 2.10. The average Bonchev–Trinajstić information content (AvgIpc) is 2.73. The minimum absolute atomic E-state index is 0.0807. The second kappa shape index (κ2) is 5.69. The van der Waals surface area contributed by atoms with Crippen LogP contribution in [0.3, 0.4) is 0 Å². The molecule has 2 rings (SSSR count). The maximum absolute atomic E-state index is 13.6. The molecule has 0 aromatic heterocycles. The van der Waals surface area contributed by atoms with Crippen molar-refractivity contribution in [2.75, 3.05) is 6.61 Å². The zero-order valence-corrected chi connectivity index (χ0v) is 10.5. The lowest BCUT2D eigenvalue weighted by Gasteiger charge is -2.13. The van der Waals surface area contributed by atoms with Crippen LogP contribution in [0, 0.1) is 5.82 Å². The summed E-state index contributed by atoms with van der Waals surface area (Å²) < 4.78 is 24.6. The van der Waals surface area contributed by atoms with Crippen LogP contribution in [0.1, 0.15) is 25.3 Å². The number of benzene rings is 1. The Kier molecular flexibility index (Phi) is 4.24. The van der Waals surface area contributed by atoms with Gasteiger partial charge in [0.1, 0.15) is 6.61 Å². The molecule has 4 heteroatoms. The van der Waals surface area contributed by atoms with Gasteiger partial charge in [-0.15, -0.1) is 11.6 Å². The molecule has 1 saturated heterocycles. The predicted octanol–water partition coefficient (Wildman–Crippen LogP) is 3.51. The van der Waals surface area contributed by atoms with Crippen LogP contribution in [-0.4, -0.2) is 18.8 Å². The molecule has 94 valence electrons. The molecular formula is C13H16ClFO2. The maximum Gasteiger partial charge on any atom is 0.165 e. The summed E-state index contributed by atoms with van der Waals surface area (Å²) in [5.41, 5.74) is 0.752. The number of rotatable bonds is 4. The van der Waals surface area contributed by atoms with Crippen molar-refractivity contribution in [3.63, 3.8) is 0 Å². The molecule has 2 unspecified atom stereocenters. The normalized spacial score (nSPS) is 23.9. The highest BCUT2D eigenvalue weighted by Crippen LogP contribution is 2.23. The molecule has 0 radical (unpaired) electrons. The highest BCUT2D eigenvalue weighted by atomic mass is 35.5. The van der Waals surface area contributed by atoms with Crippen LogP contribution in [-0.2, 0) is 10.6 Å². The van der Waals surface area contributed by atoms with Crippen molar-refractivity contribution in [2.45, 2.75) is 37.9 Å². The van der Waals surface area contributed by atoms with E-state index in [1.54, 1.807) is 12.1 Å². The Morgan fingerprint density at radius 2 is 2.29 bits per heavy atom. The summed E-state index contributed by atoms with van der Waals surface area (Å²) in [4.78, 5) is 0. The van der Waals surface area contributed by atoms with Crippen LogP contribution < -0.4 is 4.74 Å². The van der Waals surface area contributed by atoms with Crippen molar-refractivity contribution in [3.8, 4) is 5.75 Å². The van der Waals surface area contributed by atoms with Gasteiger partial charge in [0, 0.05) is 5.88 Å². The van der Waals surface area contributed by atoms with E-state index < -0.39 is 0 Å². The lowest BCUT2D eigenvalue weighted by molar-refractivity contribution is 0.0256. The molecule has 1 heterocycles. The first kappa shape index (κ1) is 12.7. The zero-order valence-electron chi connectivity index (χ0n) is 9.79. The molecule has 0 aliphatic carbocycles. The molecule has 0 bridgehead atoms. The third-order valence-electron chi connectivity index (χ3n) is 2.90. The minimum atomic E-state index is -0.366. The highest BCUT2D eigenvalue weighted by Gasteiger charge is 2.22. The lowest BCUT2D eigenvalue weighted by Crippen LogP contribution is -2.18. The fraction of sp³-hybridized carbons (Fsp3) is 0.538. The molecule has 1 aromatic carbocycles. The summed E-state index contributed by atoms with van der Waals surface area (Å²) in [6.45, 7) is 2.44. The zero-order chi connectivity index (χ0) is 12.3. The van der Waals surface area contributed by atoms with Gasteiger partial charge in [0.2, 0.25) is 0 Å². The van der Waals surface area contributed by atoms with Crippen LogP contribution >= 0.6 is 11.6 Å². The van der Waals surface area contributed by atoms with Gasteiger partial charge in [-0.05, 0) is 37.5 Å². The van der Waals surface area contributed by atoms with Gasteiger partial charge in [-0.1, -0.05) is 6.07 Å². The first-order chi connectivity index (χ1) is 8.19. The Morgan fingerprint density at radius 1 is 1.47 bits per heavy atom. The van der Waals surface area contributed by atoms with Crippen LogP contribution in [0.2, 0.25) is 0 Å². The van der Waals surface area contributed by atoms with Crippen molar-refractivity contribution in [1.29, 1.82) is 0 Å². The molecule has 0 spiro atoms.